The van der Waals surface area contributed by atoms with E-state index in [0.717, 1.165) is 11.8 Å². The number of hydrogen-bond acceptors (Lipinski definition) is 4. The van der Waals surface area contributed by atoms with Gasteiger partial charge in [-0.1, -0.05) is 28.1 Å². The fraction of sp³-hybridized carbons (Fsp3) is 0.333. The van der Waals surface area contributed by atoms with Crippen LogP contribution in [0.4, 0.5) is 0 Å². The number of carbonyl (C=O) groups excluding carboxylic acids is 2. The molecule has 0 saturated carbocycles. The van der Waals surface area contributed by atoms with E-state index in [-0.39, 0.29) is 11.3 Å². The highest BCUT2D eigenvalue weighted by atomic mass is 79.9. The smallest absolute Gasteiger partial charge is 0.341 e. The molecule has 0 N–H and O–H groups in total. The molecule has 1 rings (SSSR count). The van der Waals surface area contributed by atoms with Crippen molar-refractivity contribution >= 4 is 27.9 Å². The highest BCUT2D eigenvalue weighted by molar-refractivity contribution is 9.09. The van der Waals surface area contributed by atoms with Gasteiger partial charge >= 0.3 is 11.9 Å². The van der Waals surface area contributed by atoms with Crippen LogP contribution in [0.5, 0.6) is 5.75 Å². The van der Waals surface area contributed by atoms with Gasteiger partial charge in [-0.15, -0.1) is 0 Å². The molecule has 1 aromatic carbocycles. The van der Waals surface area contributed by atoms with Gasteiger partial charge in [0, 0.05) is 12.3 Å². The molecule has 0 aliphatic carbocycles. The predicted octanol–water partition coefficient (Wildman–Crippen LogP) is 2.55. The summed E-state index contributed by atoms with van der Waals surface area (Å²) in [6.07, 6.45) is 0.738. The lowest BCUT2D eigenvalue weighted by Crippen LogP contribution is -2.11. The molecule has 0 unspecified atom stereocenters. The maximum absolute atomic E-state index is 11.7. The third kappa shape index (κ3) is 4.56. The normalized spacial score (nSPS) is 9.76. The summed E-state index contributed by atoms with van der Waals surface area (Å²) in [5, 5.41) is 0.770. The highest BCUT2D eigenvalue weighted by Crippen LogP contribution is 2.19. The van der Waals surface area contributed by atoms with Crippen LogP contribution < -0.4 is 4.74 Å². The van der Waals surface area contributed by atoms with Gasteiger partial charge in [0.15, 0.2) is 0 Å². The van der Waals surface area contributed by atoms with Crippen molar-refractivity contribution < 1.29 is 19.1 Å². The van der Waals surface area contributed by atoms with Gasteiger partial charge in [-0.05, 0) is 18.6 Å². The van der Waals surface area contributed by atoms with Crippen molar-refractivity contribution in [3.05, 3.63) is 29.8 Å². The molecule has 17 heavy (non-hydrogen) atoms. The topological polar surface area (TPSA) is 52.6 Å². The van der Waals surface area contributed by atoms with Crippen LogP contribution in [0.3, 0.4) is 0 Å². The number of hydrogen-bond donors (Lipinski definition) is 0. The van der Waals surface area contributed by atoms with Crippen LogP contribution in [0.1, 0.15) is 23.7 Å². The second-order valence-corrected chi connectivity index (χ2v) is 4.06. The molecule has 0 bridgehead atoms. The molecule has 0 fully saturated rings. The molecule has 5 heteroatoms. The van der Waals surface area contributed by atoms with E-state index < -0.39 is 11.9 Å². The fourth-order valence-electron chi connectivity index (χ4n) is 1.18. The number of alkyl halides is 1. The average molecular weight is 301 g/mol. The van der Waals surface area contributed by atoms with Crippen LogP contribution in [-0.2, 0) is 9.53 Å². The Morgan fingerprint density at radius 2 is 2.00 bits per heavy atom. The summed E-state index contributed by atoms with van der Waals surface area (Å²) < 4.78 is 9.95. The first kappa shape index (κ1) is 13.7. The number of ether oxygens (including phenoxy) is 2. The molecule has 0 radical (unpaired) electrons. The van der Waals surface area contributed by atoms with E-state index in [0.29, 0.717) is 6.61 Å². The van der Waals surface area contributed by atoms with Gasteiger partial charge in [-0.25, -0.2) is 4.79 Å². The highest BCUT2D eigenvalue weighted by Gasteiger charge is 2.14. The Labute approximate surface area is 108 Å². The zero-order chi connectivity index (χ0) is 12.7. The Bertz CT molecular complexity index is 403. The first-order valence-corrected chi connectivity index (χ1v) is 6.28. The largest absolute Gasteiger partial charge is 0.462 e. The number of carbonyl (C=O) groups is 2. The molecule has 0 aliphatic rings. The number of rotatable bonds is 5. The minimum absolute atomic E-state index is 0.226. The van der Waals surface area contributed by atoms with E-state index in [1.165, 1.54) is 6.92 Å². The van der Waals surface area contributed by atoms with Crippen molar-refractivity contribution in [3.8, 4) is 5.75 Å². The fourth-order valence-corrected chi connectivity index (χ4v) is 1.41. The summed E-state index contributed by atoms with van der Waals surface area (Å²) in [6.45, 7) is 1.62. The lowest BCUT2D eigenvalue weighted by molar-refractivity contribution is -0.131. The third-order valence-corrected chi connectivity index (χ3v) is 2.43. The van der Waals surface area contributed by atoms with Crippen molar-refractivity contribution in [3.63, 3.8) is 0 Å². The van der Waals surface area contributed by atoms with Crippen LogP contribution in [0, 0.1) is 0 Å². The van der Waals surface area contributed by atoms with Gasteiger partial charge in [0.05, 0.1) is 6.61 Å². The Balaban J connectivity index is 2.74. The molecule has 0 spiro atoms. The molecule has 1 aromatic rings. The SMILES string of the molecule is CC(=O)Oc1ccccc1C(=O)OCCCBr. The monoisotopic (exact) mass is 300 g/mol. The second kappa shape index (κ2) is 7.06. The number of esters is 2. The van der Waals surface area contributed by atoms with Gasteiger partial charge < -0.3 is 9.47 Å². The molecule has 0 aliphatic heterocycles. The molecule has 0 aromatic heterocycles. The molecule has 0 heterocycles. The second-order valence-electron chi connectivity index (χ2n) is 3.27. The lowest BCUT2D eigenvalue weighted by atomic mass is 10.2. The van der Waals surface area contributed by atoms with Crippen molar-refractivity contribution in [2.75, 3.05) is 11.9 Å². The maximum atomic E-state index is 11.7. The van der Waals surface area contributed by atoms with Crippen molar-refractivity contribution in [2.45, 2.75) is 13.3 Å². The standard InChI is InChI=1S/C12H13BrO4/c1-9(14)17-11-6-3-2-5-10(11)12(15)16-8-4-7-13/h2-3,5-6H,4,7-8H2,1H3. The Morgan fingerprint density at radius 1 is 1.29 bits per heavy atom. The lowest BCUT2D eigenvalue weighted by Gasteiger charge is -2.08. The molecule has 0 amide bonds. The predicted molar refractivity (Wildman–Crippen MR) is 66.4 cm³/mol. The minimum Gasteiger partial charge on any atom is -0.462 e. The summed E-state index contributed by atoms with van der Waals surface area (Å²) in [7, 11) is 0. The molecule has 0 atom stereocenters. The van der Waals surface area contributed by atoms with E-state index in [1.54, 1.807) is 24.3 Å². The summed E-state index contributed by atoms with van der Waals surface area (Å²) in [4.78, 5) is 22.6. The summed E-state index contributed by atoms with van der Waals surface area (Å²) in [5.74, 6) is -0.725. The van der Waals surface area contributed by atoms with Crippen LogP contribution in [-0.4, -0.2) is 23.9 Å². The zero-order valence-electron chi connectivity index (χ0n) is 9.44. The summed E-state index contributed by atoms with van der Waals surface area (Å²) >= 11 is 3.24. The number of halogens is 1. The Kier molecular flexibility index (Phi) is 5.69. The minimum atomic E-state index is -0.484. The van der Waals surface area contributed by atoms with E-state index in [4.69, 9.17) is 9.47 Å². The van der Waals surface area contributed by atoms with Gasteiger partial charge in [0.1, 0.15) is 11.3 Å². The summed E-state index contributed by atoms with van der Waals surface area (Å²) in [6, 6.07) is 6.50. The quantitative estimate of drug-likeness (QED) is 0.363. The molecular weight excluding hydrogens is 288 g/mol. The number of benzene rings is 1. The summed E-state index contributed by atoms with van der Waals surface area (Å²) in [5.41, 5.74) is 0.261. The van der Waals surface area contributed by atoms with Gasteiger partial charge in [0.25, 0.3) is 0 Å². The Morgan fingerprint density at radius 3 is 2.65 bits per heavy atom. The van der Waals surface area contributed by atoms with Crippen molar-refractivity contribution in [2.24, 2.45) is 0 Å². The third-order valence-electron chi connectivity index (χ3n) is 1.87. The average Bonchev–Trinajstić information content (AvgIpc) is 2.29. The maximum Gasteiger partial charge on any atom is 0.341 e. The molecule has 4 nitrogen and oxygen atoms in total. The van der Waals surface area contributed by atoms with Crippen LogP contribution >= 0.6 is 15.9 Å². The van der Waals surface area contributed by atoms with Crippen molar-refractivity contribution in [1.82, 2.24) is 0 Å². The van der Waals surface area contributed by atoms with E-state index >= 15 is 0 Å². The van der Waals surface area contributed by atoms with Crippen LogP contribution in [0.25, 0.3) is 0 Å². The molecular formula is C12H13BrO4. The number of para-hydroxylation sites is 1. The first-order chi connectivity index (χ1) is 8.15. The van der Waals surface area contributed by atoms with Gasteiger partial charge in [-0.2, -0.15) is 0 Å². The Hall–Kier alpha value is -1.36. The van der Waals surface area contributed by atoms with E-state index in [1.807, 2.05) is 0 Å². The van der Waals surface area contributed by atoms with E-state index in [2.05, 4.69) is 15.9 Å². The van der Waals surface area contributed by atoms with Gasteiger partial charge in [-0.3, -0.25) is 4.79 Å². The first-order valence-electron chi connectivity index (χ1n) is 5.15. The van der Waals surface area contributed by atoms with Crippen LogP contribution in [0.15, 0.2) is 24.3 Å². The van der Waals surface area contributed by atoms with Crippen molar-refractivity contribution in [1.29, 1.82) is 0 Å². The van der Waals surface area contributed by atoms with Gasteiger partial charge in [0.2, 0.25) is 0 Å². The molecule has 92 valence electrons. The van der Waals surface area contributed by atoms with E-state index in [9.17, 15) is 9.59 Å². The molecule has 0 saturated heterocycles. The zero-order valence-corrected chi connectivity index (χ0v) is 11.0. The van der Waals surface area contributed by atoms with Crippen LogP contribution in [0.2, 0.25) is 0 Å².